The summed E-state index contributed by atoms with van der Waals surface area (Å²) in [5, 5.41) is 0.713. The second kappa shape index (κ2) is 11.1. The first kappa shape index (κ1) is 24.4. The molecule has 0 radical (unpaired) electrons. The maximum absolute atomic E-state index is 13.2. The van der Waals surface area contributed by atoms with E-state index in [4.69, 9.17) is 33.7 Å². The summed E-state index contributed by atoms with van der Waals surface area (Å²) in [6, 6.07) is 13.7. The van der Waals surface area contributed by atoms with Gasteiger partial charge in [0.2, 0.25) is 0 Å². The minimum Gasteiger partial charge on any atom is -0.484 e. The summed E-state index contributed by atoms with van der Waals surface area (Å²) >= 11 is 12.0. The number of rotatable bonds is 9. The van der Waals surface area contributed by atoms with Crippen LogP contribution in [-0.2, 0) is 17.9 Å². The number of nitrogens with one attached hydrogen (secondary N) is 1. The van der Waals surface area contributed by atoms with Crippen LogP contribution in [0.2, 0.25) is 10.0 Å². The van der Waals surface area contributed by atoms with E-state index in [2.05, 4.69) is 4.98 Å². The van der Waals surface area contributed by atoms with Crippen LogP contribution in [0.25, 0.3) is 0 Å². The Morgan fingerprint density at radius 2 is 1.79 bits per heavy atom. The molecule has 0 saturated carbocycles. The molecule has 0 spiro atoms. The van der Waals surface area contributed by atoms with Gasteiger partial charge in [0, 0.05) is 16.6 Å². The molecule has 1 amide bonds. The molecular formula is C23H24Cl2N4O4. The van der Waals surface area contributed by atoms with E-state index in [1.54, 1.807) is 6.07 Å². The molecule has 0 aliphatic rings. The average Bonchev–Trinajstić information content (AvgIpc) is 2.76. The summed E-state index contributed by atoms with van der Waals surface area (Å²) in [4.78, 5) is 41.8. The van der Waals surface area contributed by atoms with Gasteiger partial charge in [0.1, 0.15) is 11.6 Å². The molecule has 10 heteroatoms. The van der Waals surface area contributed by atoms with Gasteiger partial charge >= 0.3 is 5.69 Å². The Bertz CT molecular complexity index is 1220. The number of carbonyl (C=O) groups excluding carboxylic acids is 1. The monoisotopic (exact) mass is 490 g/mol. The van der Waals surface area contributed by atoms with Gasteiger partial charge in [-0.2, -0.15) is 0 Å². The van der Waals surface area contributed by atoms with E-state index in [1.165, 1.54) is 21.6 Å². The molecule has 0 saturated heterocycles. The highest BCUT2D eigenvalue weighted by atomic mass is 35.5. The van der Waals surface area contributed by atoms with Crippen molar-refractivity contribution in [2.75, 3.05) is 17.2 Å². The minimum atomic E-state index is -0.750. The number of ether oxygens (including phenoxy) is 1. The molecule has 1 aromatic heterocycles. The van der Waals surface area contributed by atoms with E-state index in [0.29, 0.717) is 28.8 Å². The molecule has 0 unspecified atom stereocenters. The van der Waals surface area contributed by atoms with E-state index >= 15 is 0 Å². The number of unbranched alkanes of at least 4 members (excludes halogenated alkanes) is 1. The SMILES string of the molecule is CCCCn1c(N)c(N(Cc2ccccc2)C(=O)COc2cc(Cl)cc(Cl)c2)c(=O)[nH]c1=O. The number of carbonyl (C=O) groups is 1. The fraction of sp³-hybridized carbons (Fsp3) is 0.261. The van der Waals surface area contributed by atoms with E-state index in [0.717, 1.165) is 12.0 Å². The van der Waals surface area contributed by atoms with Crippen LogP contribution in [-0.4, -0.2) is 22.1 Å². The van der Waals surface area contributed by atoms with Gasteiger partial charge in [0.25, 0.3) is 11.5 Å². The second-order valence-corrected chi connectivity index (χ2v) is 8.23. The van der Waals surface area contributed by atoms with Crippen LogP contribution in [0.1, 0.15) is 25.3 Å². The Morgan fingerprint density at radius 1 is 1.12 bits per heavy atom. The van der Waals surface area contributed by atoms with Crippen molar-refractivity contribution in [3.8, 4) is 5.75 Å². The van der Waals surface area contributed by atoms with Gasteiger partial charge < -0.3 is 10.5 Å². The van der Waals surface area contributed by atoms with Crippen LogP contribution in [0, 0.1) is 0 Å². The fourth-order valence-electron chi connectivity index (χ4n) is 3.27. The van der Waals surface area contributed by atoms with Crippen LogP contribution in [0.15, 0.2) is 58.1 Å². The molecule has 3 N–H and O–H groups in total. The molecule has 1 heterocycles. The molecule has 33 heavy (non-hydrogen) atoms. The number of amides is 1. The maximum atomic E-state index is 13.2. The van der Waals surface area contributed by atoms with Crippen molar-refractivity contribution >= 4 is 40.6 Å². The number of hydrogen-bond acceptors (Lipinski definition) is 5. The lowest BCUT2D eigenvalue weighted by Crippen LogP contribution is -2.42. The Balaban J connectivity index is 1.98. The Kier molecular flexibility index (Phi) is 8.19. The molecule has 0 aliphatic heterocycles. The lowest BCUT2D eigenvalue weighted by atomic mass is 10.2. The fourth-order valence-corrected chi connectivity index (χ4v) is 3.78. The lowest BCUT2D eigenvalue weighted by molar-refractivity contribution is -0.120. The van der Waals surface area contributed by atoms with Crippen molar-refractivity contribution in [2.45, 2.75) is 32.9 Å². The first-order valence-electron chi connectivity index (χ1n) is 10.4. The normalized spacial score (nSPS) is 10.8. The predicted octanol–water partition coefficient (Wildman–Crippen LogP) is 3.84. The molecule has 2 aromatic carbocycles. The van der Waals surface area contributed by atoms with Gasteiger partial charge in [-0.25, -0.2) is 4.79 Å². The Hall–Kier alpha value is -3.23. The Morgan fingerprint density at radius 3 is 2.42 bits per heavy atom. The molecular weight excluding hydrogens is 467 g/mol. The number of hydrogen-bond donors (Lipinski definition) is 2. The smallest absolute Gasteiger partial charge is 0.330 e. The van der Waals surface area contributed by atoms with Crippen LogP contribution in [0.3, 0.4) is 0 Å². The van der Waals surface area contributed by atoms with Crippen LogP contribution >= 0.6 is 23.2 Å². The number of benzene rings is 2. The van der Waals surface area contributed by atoms with Crippen molar-refractivity contribution in [2.24, 2.45) is 0 Å². The van der Waals surface area contributed by atoms with Crippen molar-refractivity contribution in [3.05, 3.63) is 85.0 Å². The molecule has 0 aliphatic carbocycles. The van der Waals surface area contributed by atoms with Gasteiger partial charge in [-0.05, 0) is 30.2 Å². The maximum Gasteiger partial charge on any atom is 0.330 e. The lowest BCUT2D eigenvalue weighted by Gasteiger charge is -2.25. The highest BCUT2D eigenvalue weighted by molar-refractivity contribution is 6.34. The summed E-state index contributed by atoms with van der Waals surface area (Å²) in [6.45, 7) is 1.93. The molecule has 8 nitrogen and oxygen atoms in total. The highest BCUT2D eigenvalue weighted by Gasteiger charge is 2.25. The summed E-state index contributed by atoms with van der Waals surface area (Å²) in [5.41, 5.74) is 5.53. The number of anilines is 2. The van der Waals surface area contributed by atoms with Crippen LogP contribution in [0.5, 0.6) is 5.75 Å². The molecule has 3 rings (SSSR count). The summed E-state index contributed by atoms with van der Waals surface area (Å²) < 4.78 is 6.85. The van der Waals surface area contributed by atoms with Gasteiger partial charge in [0.15, 0.2) is 12.3 Å². The van der Waals surface area contributed by atoms with E-state index < -0.39 is 23.8 Å². The molecule has 174 valence electrons. The zero-order chi connectivity index (χ0) is 24.0. The predicted molar refractivity (Wildman–Crippen MR) is 130 cm³/mol. The number of aromatic amines is 1. The minimum absolute atomic E-state index is 0.0542. The van der Waals surface area contributed by atoms with E-state index in [9.17, 15) is 14.4 Å². The third-order valence-electron chi connectivity index (χ3n) is 4.90. The summed E-state index contributed by atoms with van der Waals surface area (Å²) in [6.07, 6.45) is 1.50. The standard InChI is InChI=1S/C23H24Cl2N4O4/c1-2-3-9-28-21(26)20(22(31)27-23(28)32)29(13-15-7-5-4-6-8-15)19(30)14-33-18-11-16(24)10-17(25)12-18/h4-8,10-12H,2-3,9,13-14,26H2,1H3,(H,27,31,32). The Labute approximate surface area is 200 Å². The first-order valence-corrected chi connectivity index (χ1v) is 11.1. The number of aromatic nitrogens is 2. The molecule has 3 aromatic rings. The van der Waals surface area contributed by atoms with Gasteiger partial charge in [-0.1, -0.05) is 66.9 Å². The summed E-state index contributed by atoms with van der Waals surface area (Å²) in [7, 11) is 0. The zero-order valence-corrected chi connectivity index (χ0v) is 19.5. The van der Waals surface area contributed by atoms with Gasteiger partial charge in [-0.15, -0.1) is 0 Å². The third kappa shape index (κ3) is 6.18. The zero-order valence-electron chi connectivity index (χ0n) is 18.0. The number of nitrogen functional groups attached to an aromatic ring is 1. The quantitative estimate of drug-likeness (QED) is 0.473. The van der Waals surface area contributed by atoms with Gasteiger partial charge in [0.05, 0.1) is 6.54 Å². The van der Waals surface area contributed by atoms with E-state index in [-0.39, 0.29) is 18.1 Å². The highest BCUT2D eigenvalue weighted by Crippen LogP contribution is 2.25. The number of H-pyrrole nitrogens is 1. The topological polar surface area (TPSA) is 110 Å². The molecule has 0 atom stereocenters. The van der Waals surface area contributed by atoms with Crippen molar-refractivity contribution in [3.63, 3.8) is 0 Å². The molecule has 0 fully saturated rings. The summed E-state index contributed by atoms with van der Waals surface area (Å²) in [5.74, 6) is -0.310. The van der Waals surface area contributed by atoms with Crippen LogP contribution < -0.4 is 26.6 Å². The number of nitrogens with zero attached hydrogens (tertiary/aromatic N) is 2. The van der Waals surface area contributed by atoms with E-state index in [1.807, 2.05) is 37.3 Å². The number of halogens is 2. The van der Waals surface area contributed by atoms with Gasteiger partial charge in [-0.3, -0.25) is 24.0 Å². The largest absolute Gasteiger partial charge is 0.484 e. The van der Waals surface area contributed by atoms with Crippen molar-refractivity contribution < 1.29 is 9.53 Å². The molecule has 0 bridgehead atoms. The van der Waals surface area contributed by atoms with Crippen LogP contribution in [0.4, 0.5) is 11.5 Å². The third-order valence-corrected chi connectivity index (χ3v) is 5.34. The van der Waals surface area contributed by atoms with Crippen molar-refractivity contribution in [1.29, 1.82) is 0 Å². The number of nitrogens with two attached hydrogens (primary N) is 1. The van der Waals surface area contributed by atoms with Crippen molar-refractivity contribution in [1.82, 2.24) is 9.55 Å². The first-order chi connectivity index (χ1) is 15.8. The average molecular weight is 491 g/mol. The second-order valence-electron chi connectivity index (χ2n) is 7.36.